The molecule has 94 valence electrons. The number of nitrogens with zero attached hydrogens (tertiary/aromatic N) is 3. The second-order valence-corrected chi connectivity index (χ2v) is 5.52. The van der Waals surface area contributed by atoms with Crippen LogP contribution in [0.5, 0.6) is 0 Å². The van der Waals surface area contributed by atoms with Gasteiger partial charge in [-0.3, -0.25) is 4.68 Å². The fourth-order valence-electron chi connectivity index (χ4n) is 3.63. The van der Waals surface area contributed by atoms with Gasteiger partial charge in [0.25, 0.3) is 0 Å². The van der Waals surface area contributed by atoms with Crippen LogP contribution in [0.15, 0.2) is 0 Å². The molecule has 2 heterocycles. The van der Waals surface area contributed by atoms with E-state index in [1.807, 2.05) is 11.7 Å². The summed E-state index contributed by atoms with van der Waals surface area (Å²) in [6.07, 6.45) is 5.14. The molecule has 1 aliphatic carbocycles. The molecule has 1 aliphatic heterocycles. The van der Waals surface area contributed by atoms with Crippen LogP contribution in [-0.2, 0) is 13.5 Å². The molecule has 0 amide bonds. The van der Waals surface area contributed by atoms with Crippen LogP contribution in [0.2, 0.25) is 0 Å². The molecule has 2 fully saturated rings. The smallest absolute Gasteiger partial charge is 0.150 e. The monoisotopic (exact) mass is 234 g/mol. The molecule has 1 saturated heterocycles. The molecule has 2 atom stereocenters. The lowest BCUT2D eigenvalue weighted by Crippen LogP contribution is -2.24. The SMILES string of the molecule is CCc1nn(C)c(N2CC3CCCC3C2)c1N. The Kier molecular flexibility index (Phi) is 2.53. The summed E-state index contributed by atoms with van der Waals surface area (Å²) in [7, 11) is 2.01. The highest BCUT2D eigenvalue weighted by Crippen LogP contribution is 2.41. The molecule has 1 saturated carbocycles. The van der Waals surface area contributed by atoms with Crippen molar-refractivity contribution in [3.05, 3.63) is 5.69 Å². The molecule has 17 heavy (non-hydrogen) atoms. The Bertz CT molecular complexity index is 411. The topological polar surface area (TPSA) is 47.1 Å². The molecule has 2 aliphatic rings. The number of rotatable bonds is 2. The molecular weight excluding hydrogens is 212 g/mol. The van der Waals surface area contributed by atoms with E-state index in [4.69, 9.17) is 5.73 Å². The van der Waals surface area contributed by atoms with Crippen molar-refractivity contribution >= 4 is 11.5 Å². The minimum atomic E-state index is 0.898. The van der Waals surface area contributed by atoms with Gasteiger partial charge < -0.3 is 10.6 Å². The van der Waals surface area contributed by atoms with Gasteiger partial charge in [-0.25, -0.2) is 0 Å². The predicted molar refractivity (Wildman–Crippen MR) is 70.0 cm³/mol. The van der Waals surface area contributed by atoms with Gasteiger partial charge in [-0.1, -0.05) is 13.3 Å². The molecule has 0 aromatic carbocycles. The predicted octanol–water partition coefficient (Wildman–Crippen LogP) is 1.80. The van der Waals surface area contributed by atoms with Gasteiger partial charge in [0, 0.05) is 20.1 Å². The molecule has 1 aromatic rings. The standard InChI is InChI=1S/C13H22N4/c1-3-11-12(14)13(16(2)15-11)17-7-9-5-4-6-10(9)8-17/h9-10H,3-8,14H2,1-2H3. The Morgan fingerprint density at radius 1 is 1.29 bits per heavy atom. The highest BCUT2D eigenvalue weighted by atomic mass is 15.4. The molecule has 4 heteroatoms. The fraction of sp³-hybridized carbons (Fsp3) is 0.769. The van der Waals surface area contributed by atoms with E-state index in [1.165, 1.54) is 32.4 Å². The molecule has 1 aromatic heterocycles. The van der Waals surface area contributed by atoms with Gasteiger partial charge >= 0.3 is 0 Å². The van der Waals surface area contributed by atoms with Crippen LogP contribution in [0.3, 0.4) is 0 Å². The van der Waals surface area contributed by atoms with E-state index in [9.17, 15) is 0 Å². The molecular formula is C13H22N4. The number of hydrogen-bond donors (Lipinski definition) is 1. The average molecular weight is 234 g/mol. The van der Waals surface area contributed by atoms with Crippen molar-refractivity contribution in [1.82, 2.24) is 9.78 Å². The Hall–Kier alpha value is -1.19. The van der Waals surface area contributed by atoms with E-state index in [0.717, 1.165) is 35.5 Å². The van der Waals surface area contributed by atoms with Gasteiger partial charge in [-0.15, -0.1) is 0 Å². The van der Waals surface area contributed by atoms with Crippen LogP contribution < -0.4 is 10.6 Å². The summed E-state index contributed by atoms with van der Waals surface area (Å²) < 4.78 is 1.97. The van der Waals surface area contributed by atoms with Crippen molar-refractivity contribution in [3.63, 3.8) is 0 Å². The Morgan fingerprint density at radius 3 is 2.47 bits per heavy atom. The minimum absolute atomic E-state index is 0.898. The summed E-state index contributed by atoms with van der Waals surface area (Å²) in [5.41, 5.74) is 8.16. The van der Waals surface area contributed by atoms with E-state index in [-0.39, 0.29) is 0 Å². The van der Waals surface area contributed by atoms with Crippen LogP contribution in [0.25, 0.3) is 0 Å². The summed E-state index contributed by atoms with van der Waals surface area (Å²) in [6.45, 7) is 4.47. The third kappa shape index (κ3) is 1.61. The molecule has 0 radical (unpaired) electrons. The van der Waals surface area contributed by atoms with E-state index >= 15 is 0 Å². The number of hydrogen-bond acceptors (Lipinski definition) is 3. The third-order valence-corrected chi connectivity index (χ3v) is 4.49. The average Bonchev–Trinajstić information content (AvgIpc) is 2.91. The Balaban J connectivity index is 1.87. The first-order valence-corrected chi connectivity index (χ1v) is 6.77. The van der Waals surface area contributed by atoms with Crippen LogP contribution in [-0.4, -0.2) is 22.9 Å². The van der Waals surface area contributed by atoms with E-state index in [0.29, 0.717) is 0 Å². The first kappa shape index (κ1) is 10.9. The highest BCUT2D eigenvalue weighted by Gasteiger charge is 2.37. The number of nitrogens with two attached hydrogens (primary N) is 1. The van der Waals surface area contributed by atoms with Gasteiger partial charge in [-0.2, -0.15) is 5.10 Å². The molecule has 0 spiro atoms. The number of fused-ring (bicyclic) bond motifs is 1. The van der Waals surface area contributed by atoms with Crippen LogP contribution in [0.4, 0.5) is 11.5 Å². The summed E-state index contributed by atoms with van der Waals surface area (Å²) in [6, 6.07) is 0. The van der Waals surface area contributed by atoms with Gasteiger partial charge in [-0.05, 0) is 31.1 Å². The maximum Gasteiger partial charge on any atom is 0.150 e. The maximum atomic E-state index is 6.22. The van der Waals surface area contributed by atoms with E-state index in [2.05, 4.69) is 16.9 Å². The Labute approximate surface area is 103 Å². The third-order valence-electron chi connectivity index (χ3n) is 4.49. The zero-order valence-corrected chi connectivity index (χ0v) is 10.8. The van der Waals surface area contributed by atoms with Gasteiger partial charge in [0.2, 0.25) is 0 Å². The molecule has 2 N–H and O–H groups in total. The van der Waals surface area contributed by atoms with Crippen LogP contribution in [0, 0.1) is 11.8 Å². The highest BCUT2D eigenvalue weighted by molar-refractivity contribution is 5.67. The maximum absolute atomic E-state index is 6.22. The Morgan fingerprint density at radius 2 is 1.94 bits per heavy atom. The first-order valence-electron chi connectivity index (χ1n) is 6.77. The van der Waals surface area contributed by atoms with Gasteiger partial charge in [0.15, 0.2) is 0 Å². The number of anilines is 2. The number of aryl methyl sites for hydroxylation is 2. The zero-order valence-electron chi connectivity index (χ0n) is 10.8. The largest absolute Gasteiger partial charge is 0.394 e. The number of nitrogen functional groups attached to an aromatic ring is 1. The normalized spacial score (nSPS) is 27.8. The second-order valence-electron chi connectivity index (χ2n) is 5.52. The van der Waals surface area contributed by atoms with Crippen molar-refractivity contribution in [2.45, 2.75) is 32.6 Å². The lowest BCUT2D eigenvalue weighted by atomic mass is 10.0. The molecule has 4 nitrogen and oxygen atoms in total. The van der Waals surface area contributed by atoms with E-state index in [1.54, 1.807) is 0 Å². The first-order chi connectivity index (χ1) is 8.20. The van der Waals surface area contributed by atoms with Crippen molar-refractivity contribution in [1.29, 1.82) is 0 Å². The van der Waals surface area contributed by atoms with Crippen molar-refractivity contribution in [2.75, 3.05) is 23.7 Å². The fourth-order valence-corrected chi connectivity index (χ4v) is 3.63. The quantitative estimate of drug-likeness (QED) is 0.849. The summed E-state index contributed by atoms with van der Waals surface area (Å²) in [5.74, 6) is 2.94. The summed E-state index contributed by atoms with van der Waals surface area (Å²) in [5, 5.41) is 4.52. The number of aromatic nitrogens is 2. The van der Waals surface area contributed by atoms with E-state index < -0.39 is 0 Å². The lowest BCUT2D eigenvalue weighted by Gasteiger charge is -2.20. The minimum Gasteiger partial charge on any atom is -0.394 e. The summed E-state index contributed by atoms with van der Waals surface area (Å²) in [4.78, 5) is 2.45. The van der Waals surface area contributed by atoms with Crippen molar-refractivity contribution < 1.29 is 0 Å². The zero-order chi connectivity index (χ0) is 12.0. The molecule has 3 rings (SSSR count). The van der Waals surface area contributed by atoms with Crippen molar-refractivity contribution in [2.24, 2.45) is 18.9 Å². The van der Waals surface area contributed by atoms with Gasteiger partial charge in [0.05, 0.1) is 11.4 Å². The van der Waals surface area contributed by atoms with Crippen molar-refractivity contribution in [3.8, 4) is 0 Å². The van der Waals surface area contributed by atoms with Crippen LogP contribution in [0.1, 0.15) is 31.9 Å². The van der Waals surface area contributed by atoms with Gasteiger partial charge in [0.1, 0.15) is 5.82 Å². The van der Waals surface area contributed by atoms with Crippen LogP contribution >= 0.6 is 0 Å². The summed E-state index contributed by atoms with van der Waals surface area (Å²) >= 11 is 0. The lowest BCUT2D eigenvalue weighted by molar-refractivity contribution is 0.494. The molecule has 0 bridgehead atoms. The molecule has 2 unspecified atom stereocenters. The second kappa shape index (κ2) is 3.93.